The highest BCUT2D eigenvalue weighted by Gasteiger charge is 2.37. The van der Waals surface area contributed by atoms with Crippen molar-refractivity contribution >= 4 is 17.5 Å². The lowest BCUT2D eigenvalue weighted by molar-refractivity contribution is -0.133. The summed E-state index contributed by atoms with van der Waals surface area (Å²) in [7, 11) is 3.49. The molecule has 120 valence electrons. The van der Waals surface area contributed by atoms with Crippen LogP contribution in [0, 0.1) is 5.92 Å². The molecule has 2 bridgehead atoms. The highest BCUT2D eigenvalue weighted by molar-refractivity contribution is 6.32. The zero-order chi connectivity index (χ0) is 15.7. The Balaban J connectivity index is 1.75. The van der Waals surface area contributed by atoms with Gasteiger partial charge in [0.05, 0.1) is 37.3 Å². The first-order chi connectivity index (χ1) is 10.6. The third-order valence-electron chi connectivity index (χ3n) is 4.44. The molecule has 0 aliphatic carbocycles. The molecule has 2 heterocycles. The molecule has 0 unspecified atom stereocenters. The third kappa shape index (κ3) is 3.07. The van der Waals surface area contributed by atoms with Gasteiger partial charge in [-0.25, -0.2) is 0 Å². The summed E-state index contributed by atoms with van der Waals surface area (Å²) < 4.78 is 10.8. The second-order valence-electron chi connectivity index (χ2n) is 6.00. The van der Waals surface area contributed by atoms with Crippen LogP contribution in [0.5, 0.6) is 5.75 Å². The molecule has 2 saturated heterocycles. The number of hydrogen-bond donors (Lipinski definition) is 0. The molecule has 1 aromatic carbocycles. The SMILES string of the molecule is COc1ccc(CN2C[C@@H]3COC[C@H](C2)N(C)C3=O)cc1Cl. The van der Waals surface area contributed by atoms with Gasteiger partial charge in [-0.15, -0.1) is 0 Å². The summed E-state index contributed by atoms with van der Waals surface area (Å²) in [5, 5.41) is 0.617. The fraction of sp³-hybridized carbons (Fsp3) is 0.562. The molecule has 2 fully saturated rings. The van der Waals surface area contributed by atoms with Crippen molar-refractivity contribution < 1.29 is 14.3 Å². The van der Waals surface area contributed by atoms with Crippen molar-refractivity contribution in [3.05, 3.63) is 28.8 Å². The number of benzene rings is 1. The Morgan fingerprint density at radius 1 is 1.36 bits per heavy atom. The summed E-state index contributed by atoms with van der Waals surface area (Å²) in [5.41, 5.74) is 1.13. The average Bonchev–Trinajstić information content (AvgIpc) is 2.66. The molecule has 1 aromatic rings. The summed E-state index contributed by atoms with van der Waals surface area (Å²) in [6.07, 6.45) is 0. The molecule has 5 nitrogen and oxygen atoms in total. The molecule has 2 atom stereocenters. The fourth-order valence-electron chi connectivity index (χ4n) is 3.18. The first kappa shape index (κ1) is 15.6. The quantitative estimate of drug-likeness (QED) is 0.847. The Bertz CT molecular complexity index is 566. The second kappa shape index (κ2) is 6.44. The lowest BCUT2D eigenvalue weighted by Crippen LogP contribution is -2.42. The number of nitrogens with zero attached hydrogens (tertiary/aromatic N) is 2. The molecule has 0 N–H and O–H groups in total. The number of fused-ring (bicyclic) bond motifs is 3. The molecule has 3 rings (SSSR count). The van der Waals surface area contributed by atoms with Crippen LogP contribution >= 0.6 is 11.6 Å². The summed E-state index contributed by atoms with van der Waals surface area (Å²) in [6.45, 7) is 3.45. The van der Waals surface area contributed by atoms with Crippen molar-refractivity contribution in [3.8, 4) is 5.75 Å². The van der Waals surface area contributed by atoms with Crippen LogP contribution in [0.15, 0.2) is 18.2 Å². The van der Waals surface area contributed by atoms with Gasteiger partial charge in [0.15, 0.2) is 0 Å². The van der Waals surface area contributed by atoms with Crippen molar-refractivity contribution in [2.75, 3.05) is 40.5 Å². The van der Waals surface area contributed by atoms with Gasteiger partial charge < -0.3 is 14.4 Å². The molecule has 0 radical (unpaired) electrons. The van der Waals surface area contributed by atoms with Crippen LogP contribution in [0.25, 0.3) is 0 Å². The van der Waals surface area contributed by atoms with E-state index in [0.717, 1.165) is 25.2 Å². The predicted molar refractivity (Wildman–Crippen MR) is 84.1 cm³/mol. The minimum absolute atomic E-state index is 0.0776. The van der Waals surface area contributed by atoms with E-state index in [0.29, 0.717) is 24.0 Å². The van der Waals surface area contributed by atoms with Crippen LogP contribution in [-0.2, 0) is 16.1 Å². The van der Waals surface area contributed by atoms with Crippen molar-refractivity contribution in [2.24, 2.45) is 5.92 Å². The maximum absolute atomic E-state index is 12.3. The van der Waals surface area contributed by atoms with Crippen LogP contribution in [0.3, 0.4) is 0 Å². The second-order valence-corrected chi connectivity index (χ2v) is 6.41. The van der Waals surface area contributed by atoms with Gasteiger partial charge in [0.2, 0.25) is 5.91 Å². The average molecular weight is 325 g/mol. The molecular formula is C16H21ClN2O3. The van der Waals surface area contributed by atoms with Crippen molar-refractivity contribution in [3.63, 3.8) is 0 Å². The van der Waals surface area contributed by atoms with E-state index in [-0.39, 0.29) is 17.9 Å². The first-order valence-corrected chi connectivity index (χ1v) is 7.85. The van der Waals surface area contributed by atoms with Gasteiger partial charge in [-0.2, -0.15) is 0 Å². The van der Waals surface area contributed by atoms with Crippen LogP contribution < -0.4 is 4.74 Å². The third-order valence-corrected chi connectivity index (χ3v) is 4.74. The number of ether oxygens (including phenoxy) is 2. The van der Waals surface area contributed by atoms with Crippen molar-refractivity contribution in [2.45, 2.75) is 12.6 Å². The molecule has 6 heteroatoms. The van der Waals surface area contributed by atoms with Crippen LogP contribution in [0.2, 0.25) is 5.02 Å². The van der Waals surface area contributed by atoms with Gasteiger partial charge in [0.1, 0.15) is 5.75 Å². The molecule has 0 spiro atoms. The Morgan fingerprint density at radius 3 is 2.91 bits per heavy atom. The monoisotopic (exact) mass is 324 g/mol. The van der Waals surface area contributed by atoms with Crippen molar-refractivity contribution in [1.29, 1.82) is 0 Å². The zero-order valence-corrected chi connectivity index (χ0v) is 13.7. The minimum Gasteiger partial charge on any atom is -0.495 e. The molecule has 0 saturated carbocycles. The Hall–Kier alpha value is -1.30. The number of amides is 1. The summed E-state index contributed by atoms with van der Waals surface area (Å²) in [6, 6.07) is 5.96. The molecule has 22 heavy (non-hydrogen) atoms. The number of halogens is 1. The topological polar surface area (TPSA) is 42.0 Å². The molecule has 1 amide bonds. The lowest BCUT2D eigenvalue weighted by atomic mass is 10.1. The Kier molecular flexibility index (Phi) is 4.57. The standard InChI is InChI=1S/C16H21ClN2O3/c1-18-13-8-19(7-12(16(18)20)9-22-10-13)6-11-3-4-15(21-2)14(17)5-11/h3-5,12-13H,6-10H2,1-2H3/t12-,13+/m1/s1. The van der Waals surface area contributed by atoms with E-state index in [1.165, 1.54) is 0 Å². The molecule has 0 aromatic heterocycles. The number of hydrogen-bond acceptors (Lipinski definition) is 4. The highest BCUT2D eigenvalue weighted by atomic mass is 35.5. The van der Waals surface area contributed by atoms with E-state index in [4.69, 9.17) is 21.1 Å². The Labute approximate surface area is 135 Å². The van der Waals surface area contributed by atoms with E-state index < -0.39 is 0 Å². The summed E-state index contributed by atoms with van der Waals surface area (Å²) >= 11 is 6.20. The van der Waals surface area contributed by atoms with Gasteiger partial charge in [-0.3, -0.25) is 9.69 Å². The smallest absolute Gasteiger partial charge is 0.229 e. The molecule has 2 aliphatic heterocycles. The van der Waals surface area contributed by atoms with E-state index >= 15 is 0 Å². The van der Waals surface area contributed by atoms with E-state index in [1.807, 2.05) is 30.1 Å². The van der Waals surface area contributed by atoms with Crippen LogP contribution in [0.4, 0.5) is 0 Å². The van der Waals surface area contributed by atoms with Gasteiger partial charge in [0, 0.05) is 26.7 Å². The lowest BCUT2D eigenvalue weighted by Gasteiger charge is -2.29. The minimum atomic E-state index is -0.0776. The number of rotatable bonds is 3. The van der Waals surface area contributed by atoms with E-state index in [1.54, 1.807) is 7.11 Å². The number of methoxy groups -OCH3 is 1. The largest absolute Gasteiger partial charge is 0.495 e. The molecular weight excluding hydrogens is 304 g/mol. The van der Waals surface area contributed by atoms with Gasteiger partial charge >= 0.3 is 0 Å². The van der Waals surface area contributed by atoms with E-state index in [9.17, 15) is 4.79 Å². The maximum Gasteiger partial charge on any atom is 0.229 e. The van der Waals surface area contributed by atoms with Crippen LogP contribution in [-0.4, -0.2) is 62.2 Å². The summed E-state index contributed by atoms with van der Waals surface area (Å²) in [4.78, 5) is 16.5. The Morgan fingerprint density at radius 2 is 2.18 bits per heavy atom. The zero-order valence-electron chi connectivity index (χ0n) is 12.9. The van der Waals surface area contributed by atoms with Gasteiger partial charge in [-0.1, -0.05) is 17.7 Å². The van der Waals surface area contributed by atoms with Crippen molar-refractivity contribution in [1.82, 2.24) is 9.80 Å². The van der Waals surface area contributed by atoms with Gasteiger partial charge in [-0.05, 0) is 17.7 Å². The maximum atomic E-state index is 12.3. The normalized spacial score (nSPS) is 26.0. The van der Waals surface area contributed by atoms with Crippen LogP contribution in [0.1, 0.15) is 5.56 Å². The number of likely N-dealkylation sites (N-methyl/N-ethyl adjacent to an activating group) is 1. The predicted octanol–water partition coefficient (Wildman–Crippen LogP) is 1.64. The van der Waals surface area contributed by atoms with E-state index in [2.05, 4.69) is 4.90 Å². The molecule has 2 aliphatic rings. The van der Waals surface area contributed by atoms with Gasteiger partial charge in [0.25, 0.3) is 0 Å². The highest BCUT2D eigenvalue weighted by Crippen LogP contribution is 2.27. The fourth-order valence-corrected chi connectivity index (χ4v) is 3.46. The first-order valence-electron chi connectivity index (χ1n) is 7.47. The number of carbonyl (C=O) groups is 1. The summed E-state index contributed by atoms with van der Waals surface area (Å²) in [5.74, 6) is 0.797. The number of carbonyl (C=O) groups excluding carboxylic acids is 1.